The highest BCUT2D eigenvalue weighted by Crippen LogP contribution is 2.24. The molecule has 0 atom stereocenters. The number of ether oxygens (including phenoxy) is 1. The first-order chi connectivity index (χ1) is 13.2. The van der Waals surface area contributed by atoms with Gasteiger partial charge in [-0.05, 0) is 17.7 Å². The summed E-state index contributed by atoms with van der Waals surface area (Å²) in [5.41, 5.74) is 3.17. The van der Waals surface area contributed by atoms with Gasteiger partial charge in [0.25, 0.3) is 5.56 Å². The van der Waals surface area contributed by atoms with Gasteiger partial charge in [-0.2, -0.15) is 5.10 Å². The summed E-state index contributed by atoms with van der Waals surface area (Å²) in [7, 11) is 1.61. The molecule has 0 saturated carbocycles. The molecule has 2 aromatic carbocycles. The molecule has 27 heavy (non-hydrogen) atoms. The Morgan fingerprint density at radius 1 is 1.07 bits per heavy atom. The largest absolute Gasteiger partial charge is 0.497 e. The van der Waals surface area contributed by atoms with Crippen LogP contribution in [0.4, 0.5) is 0 Å². The number of methoxy groups -OCH3 is 1. The zero-order valence-corrected chi connectivity index (χ0v) is 14.9. The highest BCUT2D eigenvalue weighted by Gasteiger charge is 2.17. The summed E-state index contributed by atoms with van der Waals surface area (Å²) in [4.78, 5) is 13.1. The summed E-state index contributed by atoms with van der Waals surface area (Å²) >= 11 is 0. The Morgan fingerprint density at radius 3 is 2.63 bits per heavy atom. The van der Waals surface area contributed by atoms with Crippen LogP contribution in [0.15, 0.2) is 71.8 Å². The van der Waals surface area contributed by atoms with Crippen LogP contribution in [-0.2, 0) is 13.2 Å². The monoisotopic (exact) mass is 361 g/mol. The van der Waals surface area contributed by atoms with Crippen LogP contribution in [-0.4, -0.2) is 26.4 Å². The van der Waals surface area contributed by atoms with E-state index < -0.39 is 0 Å². The molecule has 0 radical (unpaired) electrons. The molecule has 0 unspecified atom stereocenters. The highest BCUT2D eigenvalue weighted by molar-refractivity contribution is 5.72. The third-order valence-electron chi connectivity index (χ3n) is 4.55. The lowest BCUT2D eigenvalue weighted by Gasteiger charge is -2.08. The van der Waals surface area contributed by atoms with E-state index in [1.54, 1.807) is 24.1 Å². The van der Waals surface area contributed by atoms with E-state index in [0.717, 1.165) is 16.9 Å². The van der Waals surface area contributed by atoms with Gasteiger partial charge in [-0.25, -0.2) is 4.52 Å². The normalized spacial score (nSPS) is 11.0. The van der Waals surface area contributed by atoms with Crippen molar-refractivity contribution in [3.63, 3.8) is 0 Å². The van der Waals surface area contributed by atoms with E-state index in [0.29, 0.717) is 23.3 Å². The lowest BCUT2D eigenvalue weighted by Crippen LogP contribution is -2.22. The zero-order valence-electron chi connectivity index (χ0n) is 14.9. The van der Waals surface area contributed by atoms with E-state index in [1.807, 2.05) is 54.6 Å². The number of hydrogen-bond acceptors (Lipinski definition) is 4. The molecule has 0 aliphatic heterocycles. The van der Waals surface area contributed by atoms with Crippen molar-refractivity contribution in [3.05, 3.63) is 88.5 Å². The summed E-state index contributed by atoms with van der Waals surface area (Å²) in [6.07, 6.45) is 3.44. The van der Waals surface area contributed by atoms with Crippen molar-refractivity contribution in [2.45, 2.75) is 13.2 Å². The lowest BCUT2D eigenvalue weighted by atomic mass is 10.1. The molecule has 0 aliphatic carbocycles. The van der Waals surface area contributed by atoms with E-state index in [9.17, 15) is 9.90 Å². The SMILES string of the molecule is COc1cccc(Cn2ccn3nc(-c4ccccc4)c(CO)c3c2=O)c1. The molecule has 0 saturated heterocycles. The van der Waals surface area contributed by atoms with Gasteiger partial charge in [0.1, 0.15) is 11.3 Å². The third-order valence-corrected chi connectivity index (χ3v) is 4.55. The molecule has 4 aromatic rings. The Kier molecular flexibility index (Phi) is 4.48. The number of benzene rings is 2. The predicted molar refractivity (Wildman–Crippen MR) is 103 cm³/mol. The fourth-order valence-electron chi connectivity index (χ4n) is 3.22. The smallest absolute Gasteiger partial charge is 0.277 e. The molecule has 2 aromatic heterocycles. The van der Waals surface area contributed by atoms with E-state index >= 15 is 0 Å². The van der Waals surface area contributed by atoms with Crippen LogP contribution in [0.5, 0.6) is 5.75 Å². The maximum atomic E-state index is 13.1. The van der Waals surface area contributed by atoms with Crippen LogP contribution in [0.25, 0.3) is 16.8 Å². The molecule has 6 nitrogen and oxygen atoms in total. The molecule has 0 fully saturated rings. The van der Waals surface area contributed by atoms with Gasteiger partial charge in [0.15, 0.2) is 0 Å². The molecular formula is C21H19N3O3. The van der Waals surface area contributed by atoms with Crippen molar-refractivity contribution in [2.24, 2.45) is 0 Å². The minimum atomic E-state index is -0.258. The van der Waals surface area contributed by atoms with Crippen molar-refractivity contribution in [1.29, 1.82) is 0 Å². The maximum Gasteiger partial charge on any atom is 0.277 e. The number of fused-ring (bicyclic) bond motifs is 1. The Hall–Kier alpha value is -3.38. The molecule has 0 amide bonds. The van der Waals surface area contributed by atoms with Gasteiger partial charge >= 0.3 is 0 Å². The summed E-state index contributed by atoms with van der Waals surface area (Å²) in [6.45, 7) is 0.148. The summed E-state index contributed by atoms with van der Waals surface area (Å²) in [5, 5.41) is 14.4. The van der Waals surface area contributed by atoms with Crippen LogP contribution in [0.2, 0.25) is 0 Å². The standard InChI is InChI=1S/C21H19N3O3/c1-27-17-9-5-6-15(12-17)13-23-10-11-24-20(21(23)26)18(14-25)19(22-24)16-7-3-2-4-8-16/h2-12,25H,13-14H2,1H3. The van der Waals surface area contributed by atoms with Crippen LogP contribution >= 0.6 is 0 Å². The molecule has 4 rings (SSSR count). The quantitative estimate of drug-likeness (QED) is 0.593. The Bertz CT molecular complexity index is 1150. The van der Waals surface area contributed by atoms with E-state index in [-0.39, 0.29) is 12.2 Å². The van der Waals surface area contributed by atoms with E-state index in [1.165, 1.54) is 4.52 Å². The van der Waals surface area contributed by atoms with Gasteiger partial charge in [-0.15, -0.1) is 0 Å². The second-order valence-corrected chi connectivity index (χ2v) is 6.23. The first-order valence-electron chi connectivity index (χ1n) is 8.61. The Balaban J connectivity index is 1.83. The molecule has 136 valence electrons. The van der Waals surface area contributed by atoms with Gasteiger partial charge in [0.2, 0.25) is 0 Å². The number of nitrogens with zero attached hydrogens (tertiary/aromatic N) is 3. The Morgan fingerprint density at radius 2 is 1.89 bits per heavy atom. The topological polar surface area (TPSA) is 68.8 Å². The number of aliphatic hydroxyl groups is 1. The molecule has 0 bridgehead atoms. The molecule has 0 aliphatic rings. The highest BCUT2D eigenvalue weighted by atomic mass is 16.5. The van der Waals surface area contributed by atoms with Gasteiger partial charge in [-0.1, -0.05) is 42.5 Å². The predicted octanol–water partition coefficient (Wildman–Crippen LogP) is 2.71. The Labute approximate surface area is 155 Å². The number of hydrogen-bond donors (Lipinski definition) is 1. The minimum absolute atomic E-state index is 0.195. The van der Waals surface area contributed by atoms with Crippen molar-refractivity contribution < 1.29 is 9.84 Å². The molecular weight excluding hydrogens is 342 g/mol. The fraction of sp³-hybridized carbons (Fsp3) is 0.143. The van der Waals surface area contributed by atoms with Crippen LogP contribution in [0, 0.1) is 0 Å². The summed E-state index contributed by atoms with van der Waals surface area (Å²) in [6, 6.07) is 17.1. The minimum Gasteiger partial charge on any atom is -0.497 e. The molecule has 0 spiro atoms. The summed E-state index contributed by atoms with van der Waals surface area (Å²) in [5.74, 6) is 0.744. The average Bonchev–Trinajstić information content (AvgIpc) is 3.10. The number of aromatic nitrogens is 3. The second-order valence-electron chi connectivity index (χ2n) is 6.23. The first kappa shape index (κ1) is 17.1. The number of aliphatic hydroxyl groups excluding tert-OH is 1. The van der Waals surface area contributed by atoms with E-state index in [2.05, 4.69) is 5.10 Å². The van der Waals surface area contributed by atoms with Gasteiger partial charge in [0.05, 0.1) is 26.0 Å². The van der Waals surface area contributed by atoms with Gasteiger partial charge < -0.3 is 14.4 Å². The van der Waals surface area contributed by atoms with Crippen molar-refractivity contribution in [3.8, 4) is 17.0 Å². The first-order valence-corrected chi connectivity index (χ1v) is 8.61. The lowest BCUT2D eigenvalue weighted by molar-refractivity contribution is 0.283. The number of rotatable bonds is 5. The average molecular weight is 361 g/mol. The summed E-state index contributed by atoms with van der Waals surface area (Å²) < 4.78 is 8.40. The van der Waals surface area contributed by atoms with Crippen LogP contribution in [0.3, 0.4) is 0 Å². The molecule has 1 N–H and O–H groups in total. The third kappa shape index (κ3) is 3.11. The van der Waals surface area contributed by atoms with E-state index in [4.69, 9.17) is 4.74 Å². The van der Waals surface area contributed by atoms with Crippen molar-refractivity contribution in [2.75, 3.05) is 7.11 Å². The van der Waals surface area contributed by atoms with Crippen molar-refractivity contribution >= 4 is 5.52 Å². The maximum absolute atomic E-state index is 13.1. The van der Waals surface area contributed by atoms with Gasteiger partial charge in [0, 0.05) is 23.5 Å². The van der Waals surface area contributed by atoms with Crippen LogP contribution in [0.1, 0.15) is 11.1 Å². The van der Waals surface area contributed by atoms with Crippen molar-refractivity contribution in [1.82, 2.24) is 14.2 Å². The molecule has 6 heteroatoms. The van der Waals surface area contributed by atoms with Crippen LogP contribution < -0.4 is 10.3 Å². The zero-order chi connectivity index (χ0) is 18.8. The second kappa shape index (κ2) is 7.09. The molecule has 2 heterocycles. The van der Waals surface area contributed by atoms with Gasteiger partial charge in [-0.3, -0.25) is 4.79 Å². The fourth-order valence-corrected chi connectivity index (χ4v) is 3.22.